The van der Waals surface area contributed by atoms with Gasteiger partial charge in [-0.25, -0.2) is 22.8 Å². The lowest BCUT2D eigenvalue weighted by atomic mass is 9.78. The minimum atomic E-state index is -1.71. The highest BCUT2D eigenvalue weighted by atomic mass is 19.1. The summed E-state index contributed by atoms with van der Waals surface area (Å²) in [5.74, 6) is -3.65. The average molecular weight is 385 g/mol. The van der Waals surface area contributed by atoms with Crippen LogP contribution in [-0.2, 0) is 19.1 Å². The molecule has 2 heterocycles. The smallest absolute Gasteiger partial charge is 0.337 e. The number of cyclic esters (lactones) is 1. The van der Waals surface area contributed by atoms with Crippen LogP contribution in [0.15, 0.2) is 40.7 Å². The number of methoxy groups -OCH3 is 1. The van der Waals surface area contributed by atoms with Gasteiger partial charge in [0.2, 0.25) is 0 Å². The normalized spacial score (nSPS) is 19.7. The summed E-state index contributed by atoms with van der Waals surface area (Å²) < 4.78 is 51.7. The van der Waals surface area contributed by atoms with Crippen LogP contribution in [0.4, 0.5) is 13.2 Å². The maximum Gasteiger partial charge on any atom is 0.337 e. The van der Waals surface area contributed by atoms with Crippen molar-refractivity contribution in [2.75, 3.05) is 20.4 Å². The van der Waals surface area contributed by atoms with Crippen LogP contribution < -0.4 is 5.32 Å². The highest BCUT2D eigenvalue weighted by Crippen LogP contribution is 2.44. The Bertz CT molecular complexity index is 847. The Morgan fingerprint density at radius 1 is 1.44 bits per heavy atom. The first-order valence-corrected chi connectivity index (χ1v) is 7.87. The number of allylic oxidation sites excluding steroid dienone is 1. The monoisotopic (exact) mass is 385 g/mol. The summed E-state index contributed by atoms with van der Waals surface area (Å²) in [6.45, 7) is -0.0526. The molecule has 6 nitrogen and oxygen atoms in total. The van der Waals surface area contributed by atoms with Crippen molar-refractivity contribution in [1.82, 2.24) is 5.32 Å². The van der Waals surface area contributed by atoms with Gasteiger partial charge in [-0.15, -0.1) is 0 Å². The summed E-state index contributed by atoms with van der Waals surface area (Å²) in [6.07, 6.45) is -1.71. The fraction of sp³-hybridized carbons (Fsp3) is 0.333. The highest BCUT2D eigenvalue weighted by Gasteiger charge is 2.44. The Hall–Kier alpha value is -2.81. The van der Waals surface area contributed by atoms with Crippen LogP contribution in [0, 0.1) is 5.82 Å². The summed E-state index contributed by atoms with van der Waals surface area (Å²) in [4.78, 5) is 24.6. The van der Waals surface area contributed by atoms with E-state index in [1.54, 1.807) is 0 Å². The number of rotatable bonds is 4. The largest absolute Gasteiger partial charge is 0.466 e. The number of esters is 2. The zero-order valence-corrected chi connectivity index (χ0v) is 14.6. The molecular weight excluding hydrogens is 367 g/mol. The van der Waals surface area contributed by atoms with Gasteiger partial charge < -0.3 is 20.3 Å². The van der Waals surface area contributed by atoms with Crippen molar-refractivity contribution in [2.45, 2.75) is 19.0 Å². The number of dihydropyridines is 1. The Balaban J connectivity index is 0.00000261. The second kappa shape index (κ2) is 7.83. The third-order valence-corrected chi connectivity index (χ3v) is 4.43. The number of hydrogen-bond donors (Lipinski definition) is 1. The lowest BCUT2D eigenvalue weighted by Gasteiger charge is -2.29. The number of halogens is 3. The molecular formula is C18H18F3NO5. The van der Waals surface area contributed by atoms with E-state index >= 15 is 0 Å². The maximum atomic E-state index is 14.3. The fourth-order valence-corrected chi connectivity index (χ4v) is 3.37. The number of nitrogens with one attached hydrogen (secondary N) is 1. The van der Waals surface area contributed by atoms with E-state index in [9.17, 15) is 22.8 Å². The van der Waals surface area contributed by atoms with E-state index in [-0.39, 0.29) is 45.8 Å². The molecule has 3 rings (SSSR count). The van der Waals surface area contributed by atoms with E-state index in [4.69, 9.17) is 9.47 Å². The Morgan fingerprint density at radius 3 is 2.74 bits per heavy atom. The Kier molecular flexibility index (Phi) is 5.94. The second-order valence-electron chi connectivity index (χ2n) is 5.90. The van der Waals surface area contributed by atoms with Gasteiger partial charge in [-0.05, 0) is 18.6 Å². The van der Waals surface area contributed by atoms with Gasteiger partial charge in [0.25, 0.3) is 0 Å². The molecule has 0 spiro atoms. The van der Waals surface area contributed by atoms with Gasteiger partial charge in [-0.3, -0.25) is 0 Å². The minimum absolute atomic E-state index is 0. The third kappa shape index (κ3) is 3.30. The van der Waals surface area contributed by atoms with Crippen LogP contribution in [0.3, 0.4) is 0 Å². The molecule has 0 bridgehead atoms. The first-order valence-electron chi connectivity index (χ1n) is 7.87. The average Bonchev–Trinajstić information content (AvgIpc) is 2.99. The van der Waals surface area contributed by atoms with Crippen LogP contribution in [-0.4, -0.2) is 37.8 Å². The van der Waals surface area contributed by atoms with E-state index < -0.39 is 36.5 Å². The molecule has 1 aromatic rings. The van der Waals surface area contributed by atoms with Crippen molar-refractivity contribution >= 4 is 11.9 Å². The zero-order valence-electron chi connectivity index (χ0n) is 14.6. The first-order chi connectivity index (χ1) is 12.4. The van der Waals surface area contributed by atoms with Gasteiger partial charge in [0.05, 0.1) is 35.6 Å². The van der Waals surface area contributed by atoms with Crippen molar-refractivity contribution in [3.8, 4) is 0 Å². The minimum Gasteiger partial charge on any atom is -0.466 e. The topological polar surface area (TPSA) is 96.1 Å². The SMILES string of the molecule is COC(=O)C1=C(CF)NC2=C(C(=O)OC2)[C@H]1c1cccc(F)c1[C@@H](C)F.O. The molecule has 0 aliphatic carbocycles. The van der Waals surface area contributed by atoms with E-state index in [0.717, 1.165) is 20.1 Å². The fourth-order valence-electron chi connectivity index (χ4n) is 3.37. The first kappa shape index (κ1) is 20.5. The molecule has 146 valence electrons. The molecule has 0 radical (unpaired) electrons. The van der Waals surface area contributed by atoms with E-state index in [1.165, 1.54) is 12.1 Å². The molecule has 2 atom stereocenters. The van der Waals surface area contributed by atoms with Crippen LogP contribution in [0.2, 0.25) is 0 Å². The summed E-state index contributed by atoms with van der Waals surface area (Å²) in [6, 6.07) is 3.82. The van der Waals surface area contributed by atoms with Gasteiger partial charge in [-0.2, -0.15) is 0 Å². The van der Waals surface area contributed by atoms with E-state index in [2.05, 4.69) is 5.32 Å². The molecule has 0 fully saturated rings. The molecule has 0 amide bonds. The summed E-state index contributed by atoms with van der Waals surface area (Å²) in [5, 5.41) is 2.67. The molecule has 9 heteroatoms. The predicted molar refractivity (Wildman–Crippen MR) is 88.4 cm³/mol. The number of ether oxygens (including phenoxy) is 2. The number of alkyl halides is 2. The quantitative estimate of drug-likeness (QED) is 0.799. The van der Waals surface area contributed by atoms with Gasteiger partial charge in [-0.1, -0.05) is 12.1 Å². The molecule has 2 aliphatic heterocycles. The second-order valence-corrected chi connectivity index (χ2v) is 5.90. The van der Waals surface area contributed by atoms with Crippen LogP contribution in [0.5, 0.6) is 0 Å². The van der Waals surface area contributed by atoms with Gasteiger partial charge in [0, 0.05) is 5.56 Å². The van der Waals surface area contributed by atoms with E-state index in [0.29, 0.717) is 0 Å². The molecule has 0 unspecified atom stereocenters. The lowest BCUT2D eigenvalue weighted by Crippen LogP contribution is -2.32. The van der Waals surface area contributed by atoms with Crippen molar-refractivity contribution in [3.05, 3.63) is 57.7 Å². The van der Waals surface area contributed by atoms with Gasteiger partial charge >= 0.3 is 11.9 Å². The van der Waals surface area contributed by atoms with Crippen LogP contribution in [0.25, 0.3) is 0 Å². The summed E-state index contributed by atoms with van der Waals surface area (Å²) >= 11 is 0. The van der Waals surface area contributed by atoms with Gasteiger partial charge in [0.15, 0.2) is 0 Å². The third-order valence-electron chi connectivity index (χ3n) is 4.43. The number of carbonyl (C=O) groups is 2. The van der Waals surface area contributed by atoms with E-state index in [1.807, 2.05) is 0 Å². The maximum absolute atomic E-state index is 14.3. The van der Waals surface area contributed by atoms with Crippen LogP contribution >= 0.6 is 0 Å². The lowest BCUT2D eigenvalue weighted by molar-refractivity contribution is -0.136. The number of benzene rings is 1. The molecule has 0 saturated heterocycles. The highest BCUT2D eigenvalue weighted by molar-refractivity contribution is 6.01. The van der Waals surface area contributed by atoms with Crippen molar-refractivity contribution in [2.24, 2.45) is 0 Å². The Morgan fingerprint density at radius 2 is 2.15 bits per heavy atom. The molecule has 1 aromatic carbocycles. The standard InChI is InChI=1S/C18H16F3NO4.H2O/c1-8(20)13-9(4-3-5-10(13)21)14-15(17(23)25-2)11(6-19)22-12-7-26-18(24)16(12)14;/h3-5,8,14,22H,6-7H2,1-2H3;1H2/t8-,14+;/m1./s1. The molecule has 27 heavy (non-hydrogen) atoms. The number of carbonyl (C=O) groups excluding carboxylic acids is 2. The summed E-state index contributed by atoms with van der Waals surface area (Å²) in [7, 11) is 1.10. The van der Waals surface area contributed by atoms with Crippen molar-refractivity contribution in [3.63, 3.8) is 0 Å². The van der Waals surface area contributed by atoms with Gasteiger partial charge in [0.1, 0.15) is 25.3 Å². The summed E-state index contributed by atoms with van der Waals surface area (Å²) in [5.41, 5.74) is -0.289. The van der Waals surface area contributed by atoms with Crippen LogP contribution in [0.1, 0.15) is 30.1 Å². The zero-order chi connectivity index (χ0) is 19.0. The molecule has 2 aliphatic rings. The molecule has 0 saturated carbocycles. The van der Waals surface area contributed by atoms with Crippen molar-refractivity contribution in [1.29, 1.82) is 0 Å². The Labute approximate surface area is 152 Å². The molecule has 3 N–H and O–H groups in total. The van der Waals surface area contributed by atoms with Crippen molar-refractivity contribution < 1.29 is 37.7 Å². The molecule has 0 aromatic heterocycles. The number of hydrogen-bond acceptors (Lipinski definition) is 5. The predicted octanol–water partition coefficient (Wildman–Crippen LogP) is 1.93.